The first-order valence-corrected chi connectivity index (χ1v) is 11.2. The van der Waals surface area contributed by atoms with Gasteiger partial charge in [-0.05, 0) is 62.2 Å². The summed E-state index contributed by atoms with van der Waals surface area (Å²) in [7, 11) is 0. The van der Waals surface area contributed by atoms with E-state index in [0.717, 1.165) is 44.4 Å². The highest BCUT2D eigenvalue weighted by molar-refractivity contribution is 4.99. The second-order valence-corrected chi connectivity index (χ2v) is 9.21. The first kappa shape index (κ1) is 20.3. The molecule has 0 aromatic rings. The summed E-state index contributed by atoms with van der Waals surface area (Å²) in [5.74, 6) is 1.34. The van der Waals surface area contributed by atoms with Gasteiger partial charge < -0.3 is 4.74 Å². The molecule has 0 bridgehead atoms. The van der Waals surface area contributed by atoms with Gasteiger partial charge in [-0.2, -0.15) is 8.78 Å². The Labute approximate surface area is 159 Å². The van der Waals surface area contributed by atoms with Crippen LogP contribution in [-0.2, 0) is 4.74 Å². The summed E-state index contributed by atoms with van der Waals surface area (Å²) >= 11 is 0. The minimum absolute atomic E-state index is 0.145. The van der Waals surface area contributed by atoms with E-state index in [0.29, 0.717) is 11.8 Å². The molecule has 1 aliphatic heterocycles. The van der Waals surface area contributed by atoms with Gasteiger partial charge in [0.1, 0.15) is 0 Å². The first-order valence-electron chi connectivity index (χ1n) is 11.2. The van der Waals surface area contributed by atoms with Crippen molar-refractivity contribution in [3.05, 3.63) is 12.7 Å². The fourth-order valence-electron chi connectivity index (χ4n) is 5.79. The number of ether oxygens (including phenoxy) is 1. The van der Waals surface area contributed by atoms with Crippen molar-refractivity contribution in [3.8, 4) is 0 Å². The van der Waals surface area contributed by atoms with Crippen molar-refractivity contribution in [2.24, 2.45) is 29.6 Å². The molecule has 1 nitrogen and oxygen atoms in total. The van der Waals surface area contributed by atoms with Crippen LogP contribution in [0.4, 0.5) is 8.78 Å². The van der Waals surface area contributed by atoms with Crippen LogP contribution in [0.25, 0.3) is 0 Å². The van der Waals surface area contributed by atoms with E-state index in [2.05, 4.69) is 13.5 Å². The van der Waals surface area contributed by atoms with Crippen molar-refractivity contribution in [3.63, 3.8) is 0 Å². The van der Waals surface area contributed by atoms with Crippen LogP contribution >= 0.6 is 0 Å². The second-order valence-electron chi connectivity index (χ2n) is 9.21. The Kier molecular flexibility index (Phi) is 7.16. The van der Waals surface area contributed by atoms with Crippen LogP contribution in [0.3, 0.4) is 0 Å². The number of unbranched alkanes of at least 4 members (excludes halogenated alkanes) is 3. The van der Waals surface area contributed by atoms with E-state index < -0.39 is 12.0 Å². The van der Waals surface area contributed by atoms with Crippen molar-refractivity contribution in [2.45, 2.75) is 103 Å². The molecule has 3 heteroatoms. The molecule has 1 saturated heterocycles. The maximum absolute atomic E-state index is 14.2. The molecule has 3 fully saturated rings. The highest BCUT2D eigenvalue weighted by Crippen LogP contribution is 2.55. The van der Waals surface area contributed by atoms with Gasteiger partial charge in [-0.25, -0.2) is 0 Å². The van der Waals surface area contributed by atoms with Gasteiger partial charge in [0.25, 0.3) is 0 Å². The van der Waals surface area contributed by atoms with Gasteiger partial charge in [0.15, 0.2) is 0 Å². The first-order chi connectivity index (χ1) is 12.5. The van der Waals surface area contributed by atoms with Crippen LogP contribution in [0.15, 0.2) is 12.7 Å². The van der Waals surface area contributed by atoms with Gasteiger partial charge >= 0.3 is 6.11 Å². The zero-order valence-corrected chi connectivity index (χ0v) is 16.6. The van der Waals surface area contributed by atoms with Crippen LogP contribution in [0.1, 0.15) is 90.4 Å². The molecule has 2 atom stereocenters. The average Bonchev–Trinajstić information content (AvgIpc) is 2.65. The summed E-state index contributed by atoms with van der Waals surface area (Å²) < 4.78 is 33.7. The monoisotopic (exact) mass is 368 g/mol. The van der Waals surface area contributed by atoms with Crippen molar-refractivity contribution < 1.29 is 13.5 Å². The van der Waals surface area contributed by atoms with E-state index in [4.69, 9.17) is 4.74 Å². The molecule has 3 rings (SSSR count). The van der Waals surface area contributed by atoms with Crippen LogP contribution < -0.4 is 0 Å². The van der Waals surface area contributed by atoms with Gasteiger partial charge in [0.05, 0.1) is 12.0 Å². The van der Waals surface area contributed by atoms with E-state index >= 15 is 0 Å². The zero-order valence-electron chi connectivity index (χ0n) is 16.6. The van der Waals surface area contributed by atoms with Crippen molar-refractivity contribution in [2.75, 3.05) is 0 Å². The molecule has 0 N–H and O–H groups in total. The van der Waals surface area contributed by atoms with Crippen LogP contribution in [-0.4, -0.2) is 12.2 Å². The maximum atomic E-state index is 14.2. The minimum atomic E-state index is -2.88. The van der Waals surface area contributed by atoms with Crippen molar-refractivity contribution >= 4 is 0 Å². The fraction of sp³-hybridized carbons (Fsp3) is 0.913. The van der Waals surface area contributed by atoms with E-state index in [-0.39, 0.29) is 12.0 Å². The number of halogens is 2. The summed E-state index contributed by atoms with van der Waals surface area (Å²) in [6, 6.07) is 0. The SMILES string of the molecule is C=CC1CCC([C@H]2[C@H](C3CCC(CCCCCC)CC3)OC2(F)F)CC1. The Morgan fingerprint density at radius 3 is 2.15 bits per heavy atom. The van der Waals surface area contributed by atoms with Crippen molar-refractivity contribution in [1.29, 1.82) is 0 Å². The Hall–Kier alpha value is -0.440. The summed E-state index contributed by atoms with van der Waals surface area (Å²) in [6.07, 6.45) is 14.1. The Morgan fingerprint density at radius 1 is 0.923 bits per heavy atom. The summed E-state index contributed by atoms with van der Waals surface area (Å²) in [5, 5.41) is 0. The predicted molar refractivity (Wildman–Crippen MR) is 103 cm³/mol. The molecule has 0 spiro atoms. The molecule has 0 aromatic heterocycles. The van der Waals surface area contributed by atoms with Gasteiger partial charge in [0.2, 0.25) is 0 Å². The highest BCUT2D eigenvalue weighted by atomic mass is 19.3. The smallest absolute Gasteiger partial charge is 0.316 e. The molecule has 150 valence electrons. The Morgan fingerprint density at radius 2 is 1.58 bits per heavy atom. The largest absolute Gasteiger partial charge is 0.361 e. The molecule has 0 unspecified atom stereocenters. The number of alkyl halides is 2. The van der Waals surface area contributed by atoms with Crippen molar-refractivity contribution in [1.82, 2.24) is 0 Å². The molecule has 0 aromatic carbocycles. The molecular formula is C23H38F2O. The zero-order chi connectivity index (χ0) is 18.6. The number of allylic oxidation sites excluding steroid dienone is 1. The number of hydrogen-bond acceptors (Lipinski definition) is 1. The van der Waals surface area contributed by atoms with Gasteiger partial charge in [-0.3, -0.25) is 0 Å². The third-order valence-corrected chi connectivity index (χ3v) is 7.51. The van der Waals surface area contributed by atoms with Gasteiger partial charge in [-0.1, -0.05) is 57.9 Å². The Bertz CT molecular complexity index is 433. The maximum Gasteiger partial charge on any atom is 0.361 e. The third kappa shape index (κ3) is 4.69. The summed E-state index contributed by atoms with van der Waals surface area (Å²) in [5.41, 5.74) is 0. The van der Waals surface area contributed by atoms with Gasteiger partial charge in [-0.15, -0.1) is 6.58 Å². The van der Waals surface area contributed by atoms with E-state index in [1.54, 1.807) is 0 Å². The lowest BCUT2D eigenvalue weighted by Crippen LogP contribution is -2.61. The molecular weight excluding hydrogens is 330 g/mol. The van der Waals surface area contributed by atoms with E-state index in [9.17, 15) is 8.78 Å². The quantitative estimate of drug-likeness (QED) is 0.321. The standard InChI is InChI=1S/C23H38F2O/c1-3-5-6-7-8-18-11-15-20(16-12-18)22-21(23(24,25)26-22)19-13-9-17(4-2)10-14-19/h4,17-22H,2-3,5-16H2,1H3/t17?,18?,19?,20?,21-,22-/m0/s1. The van der Waals surface area contributed by atoms with E-state index in [1.807, 2.05) is 6.08 Å². The average molecular weight is 369 g/mol. The second kappa shape index (κ2) is 9.17. The van der Waals surface area contributed by atoms with Crippen LogP contribution in [0.2, 0.25) is 0 Å². The highest BCUT2D eigenvalue weighted by Gasteiger charge is 2.62. The van der Waals surface area contributed by atoms with Gasteiger partial charge in [0, 0.05) is 0 Å². The molecule has 3 aliphatic rings. The lowest BCUT2D eigenvalue weighted by molar-refractivity contribution is -0.418. The molecule has 0 amide bonds. The Balaban J connectivity index is 1.46. The number of rotatable bonds is 8. The topological polar surface area (TPSA) is 9.23 Å². The number of hydrogen-bond donors (Lipinski definition) is 0. The third-order valence-electron chi connectivity index (χ3n) is 7.51. The minimum Gasteiger partial charge on any atom is -0.316 e. The molecule has 26 heavy (non-hydrogen) atoms. The molecule has 2 aliphatic carbocycles. The van der Waals surface area contributed by atoms with Crippen LogP contribution in [0.5, 0.6) is 0 Å². The molecule has 1 heterocycles. The summed E-state index contributed by atoms with van der Waals surface area (Å²) in [4.78, 5) is 0. The molecule has 2 saturated carbocycles. The lowest BCUT2D eigenvalue weighted by Gasteiger charge is -2.53. The normalized spacial score (nSPS) is 40.0. The summed E-state index contributed by atoms with van der Waals surface area (Å²) in [6.45, 7) is 6.12. The lowest BCUT2D eigenvalue weighted by atomic mass is 9.66. The fourth-order valence-corrected chi connectivity index (χ4v) is 5.79. The van der Waals surface area contributed by atoms with Crippen LogP contribution in [0, 0.1) is 29.6 Å². The molecule has 0 radical (unpaired) electrons. The van der Waals surface area contributed by atoms with E-state index in [1.165, 1.54) is 44.9 Å². The predicted octanol–water partition coefficient (Wildman–Crippen LogP) is 7.36.